The van der Waals surface area contributed by atoms with Crippen LogP contribution in [0, 0.1) is 5.92 Å². The number of ether oxygens (including phenoxy) is 3. The minimum absolute atomic E-state index is 0.0167. The van der Waals surface area contributed by atoms with Gasteiger partial charge in [0.2, 0.25) is 5.91 Å². The summed E-state index contributed by atoms with van der Waals surface area (Å²) in [5, 5.41) is 20.7. The molecule has 4 rings (SSSR count). The fourth-order valence-electron chi connectivity index (χ4n) is 5.04. The van der Waals surface area contributed by atoms with Crippen LogP contribution in [0.1, 0.15) is 39.9 Å². The molecule has 46 heavy (non-hydrogen) atoms. The van der Waals surface area contributed by atoms with Crippen molar-refractivity contribution in [3.05, 3.63) is 113 Å². The lowest BCUT2D eigenvalue weighted by Gasteiger charge is -2.25. The highest BCUT2D eigenvalue weighted by Crippen LogP contribution is 2.35. The lowest BCUT2D eigenvalue weighted by atomic mass is 9.92. The summed E-state index contributed by atoms with van der Waals surface area (Å²) in [6, 6.07) is 26.6. The zero-order valence-electron chi connectivity index (χ0n) is 26.0. The second-order valence-electron chi connectivity index (χ2n) is 10.6. The maximum Gasteiger partial charge on any atom is 0.335 e. The summed E-state index contributed by atoms with van der Waals surface area (Å²) in [6.45, 7) is 0.1000. The van der Waals surface area contributed by atoms with Gasteiger partial charge in [-0.1, -0.05) is 66.7 Å². The third kappa shape index (κ3) is 8.86. The smallest absolute Gasteiger partial charge is 0.335 e. The molecule has 0 aliphatic heterocycles. The van der Waals surface area contributed by atoms with Gasteiger partial charge in [0, 0.05) is 18.6 Å². The molecule has 0 saturated heterocycles. The molecule has 10 heteroatoms. The Morgan fingerprint density at radius 2 is 1.37 bits per heavy atom. The van der Waals surface area contributed by atoms with Crippen LogP contribution in [0.2, 0.25) is 0 Å². The first-order valence-electron chi connectivity index (χ1n) is 14.6. The van der Waals surface area contributed by atoms with Gasteiger partial charge in [0.1, 0.15) is 23.9 Å². The van der Waals surface area contributed by atoms with Crippen LogP contribution in [0.15, 0.2) is 91.0 Å². The number of hydrogen-bond acceptors (Lipinski definition) is 7. The van der Waals surface area contributed by atoms with Crippen molar-refractivity contribution in [2.24, 2.45) is 5.92 Å². The second kappa shape index (κ2) is 16.1. The summed E-state index contributed by atoms with van der Waals surface area (Å²) >= 11 is 0. The van der Waals surface area contributed by atoms with E-state index >= 15 is 0 Å². The van der Waals surface area contributed by atoms with Crippen molar-refractivity contribution in [2.75, 3.05) is 21.3 Å². The number of methoxy groups -OCH3 is 3. The maximum absolute atomic E-state index is 13.7. The number of aliphatic carboxylic acids is 1. The average molecular weight is 628 g/mol. The van der Waals surface area contributed by atoms with Gasteiger partial charge in [0.05, 0.1) is 44.9 Å². The van der Waals surface area contributed by atoms with E-state index in [2.05, 4.69) is 0 Å². The van der Waals surface area contributed by atoms with Crippen LogP contribution in [0.3, 0.4) is 0 Å². The molecule has 0 aromatic heterocycles. The molecule has 0 heterocycles. The molecule has 240 valence electrons. The fraction of sp³-hybridized carbons (Fsp3) is 0.250. The molecule has 0 fully saturated rings. The molecule has 4 aromatic carbocycles. The molecule has 1 amide bonds. The molecular weight excluding hydrogens is 590 g/mol. The van der Waals surface area contributed by atoms with Crippen LogP contribution in [-0.4, -0.2) is 54.5 Å². The first-order chi connectivity index (χ1) is 22.2. The van der Waals surface area contributed by atoms with Crippen molar-refractivity contribution in [1.82, 2.24) is 5.06 Å². The Morgan fingerprint density at radius 1 is 0.739 bits per heavy atom. The molecule has 0 saturated carbocycles. The second-order valence-corrected chi connectivity index (χ2v) is 10.6. The van der Waals surface area contributed by atoms with Crippen molar-refractivity contribution in [3.63, 3.8) is 0 Å². The van der Waals surface area contributed by atoms with Crippen molar-refractivity contribution < 1.29 is 43.6 Å². The number of hydroxylamine groups is 2. The minimum atomic E-state index is -1.03. The number of carboxylic acids is 2. The van der Waals surface area contributed by atoms with Crippen LogP contribution in [-0.2, 0) is 34.0 Å². The van der Waals surface area contributed by atoms with Crippen LogP contribution >= 0.6 is 0 Å². The quantitative estimate of drug-likeness (QED) is 0.138. The van der Waals surface area contributed by atoms with E-state index in [4.69, 9.17) is 19.0 Å². The van der Waals surface area contributed by atoms with Crippen LogP contribution < -0.4 is 14.2 Å². The molecule has 10 nitrogen and oxygen atoms in total. The van der Waals surface area contributed by atoms with Crippen molar-refractivity contribution in [1.29, 1.82) is 0 Å². The van der Waals surface area contributed by atoms with E-state index in [0.717, 1.165) is 16.7 Å². The summed E-state index contributed by atoms with van der Waals surface area (Å²) in [5.41, 5.74) is 3.80. The summed E-state index contributed by atoms with van der Waals surface area (Å²) in [7, 11) is 4.53. The number of aromatic carboxylic acids is 1. The number of rotatable bonds is 16. The zero-order chi connectivity index (χ0) is 33.1. The van der Waals surface area contributed by atoms with Crippen molar-refractivity contribution >= 4 is 17.8 Å². The molecule has 0 aliphatic rings. The Kier molecular flexibility index (Phi) is 11.7. The van der Waals surface area contributed by atoms with E-state index in [1.54, 1.807) is 36.4 Å². The highest BCUT2D eigenvalue weighted by Gasteiger charge is 2.25. The minimum Gasteiger partial charge on any atom is -0.496 e. The number of amides is 1. The third-order valence-electron chi connectivity index (χ3n) is 7.53. The highest BCUT2D eigenvalue weighted by molar-refractivity contribution is 5.89. The topological polar surface area (TPSA) is 132 Å². The van der Waals surface area contributed by atoms with Gasteiger partial charge in [0.25, 0.3) is 0 Å². The summed E-state index contributed by atoms with van der Waals surface area (Å²) in [4.78, 5) is 43.4. The van der Waals surface area contributed by atoms with Crippen molar-refractivity contribution in [2.45, 2.75) is 32.4 Å². The molecule has 4 aromatic rings. The van der Waals surface area contributed by atoms with Crippen LogP contribution in [0.4, 0.5) is 0 Å². The highest BCUT2D eigenvalue weighted by atomic mass is 16.7. The monoisotopic (exact) mass is 627 g/mol. The predicted octanol–water partition coefficient (Wildman–Crippen LogP) is 6.26. The number of nitrogens with zero attached hydrogens (tertiary/aromatic N) is 1. The van der Waals surface area contributed by atoms with Crippen LogP contribution in [0.25, 0.3) is 11.1 Å². The average Bonchev–Trinajstić information content (AvgIpc) is 3.08. The van der Waals surface area contributed by atoms with Gasteiger partial charge < -0.3 is 24.4 Å². The summed E-state index contributed by atoms with van der Waals surface area (Å²) in [5.74, 6) is -1.92. The van der Waals surface area contributed by atoms with E-state index in [-0.39, 0.29) is 38.0 Å². The normalized spacial score (nSPS) is 11.4. The largest absolute Gasteiger partial charge is 0.496 e. The van der Waals surface area contributed by atoms with Gasteiger partial charge in [-0.05, 0) is 47.2 Å². The van der Waals surface area contributed by atoms with Gasteiger partial charge in [-0.25, -0.2) is 9.86 Å². The first kappa shape index (κ1) is 33.5. The zero-order valence-corrected chi connectivity index (χ0v) is 26.0. The lowest BCUT2D eigenvalue weighted by molar-refractivity contribution is -0.196. The van der Waals surface area contributed by atoms with Crippen molar-refractivity contribution in [3.8, 4) is 28.4 Å². The first-order valence-corrected chi connectivity index (χ1v) is 14.6. The molecule has 0 aliphatic carbocycles. The molecule has 0 radical (unpaired) electrons. The summed E-state index contributed by atoms with van der Waals surface area (Å²) in [6.07, 6.45) is 0.155. The number of carboxylic acid groups (broad SMARTS) is 2. The van der Waals surface area contributed by atoms with Gasteiger partial charge in [-0.2, -0.15) is 0 Å². The Balaban J connectivity index is 1.52. The standard InChI is InChI=1S/C36H37NO9/c1-43-30-20-32(44-2)31(33(21-30)45-3)22-37(46-23-24-9-5-4-6-10-24)34(38)16-15-29(36(41)42)18-25-11-7-12-26(17-25)27-13-8-14-28(19-27)35(39)40/h4-14,17,19-21,29H,15-16,18,22-23H2,1-3H3,(H,39,40)(H,41,42). The Labute approximate surface area is 267 Å². The van der Waals surface area contributed by atoms with E-state index in [9.17, 15) is 24.6 Å². The predicted molar refractivity (Wildman–Crippen MR) is 171 cm³/mol. The van der Waals surface area contributed by atoms with Gasteiger partial charge in [0.15, 0.2) is 0 Å². The summed E-state index contributed by atoms with van der Waals surface area (Å²) < 4.78 is 16.5. The lowest BCUT2D eigenvalue weighted by Crippen LogP contribution is -2.32. The molecular formula is C36H37NO9. The molecule has 0 spiro atoms. The molecule has 1 unspecified atom stereocenters. The third-order valence-corrected chi connectivity index (χ3v) is 7.53. The Hall–Kier alpha value is -5.35. The number of benzene rings is 4. The molecule has 1 atom stereocenters. The van der Waals surface area contributed by atoms with Gasteiger partial charge in [-0.3, -0.25) is 14.4 Å². The number of carbonyl (C=O) groups excluding carboxylic acids is 1. The number of carbonyl (C=O) groups is 3. The van der Waals surface area contributed by atoms with Crippen LogP contribution in [0.5, 0.6) is 17.2 Å². The van der Waals surface area contributed by atoms with Gasteiger partial charge >= 0.3 is 11.9 Å². The van der Waals surface area contributed by atoms with E-state index in [0.29, 0.717) is 28.4 Å². The Bertz CT molecular complexity index is 1630. The van der Waals surface area contributed by atoms with E-state index in [1.807, 2.05) is 48.5 Å². The molecule has 2 N–H and O–H groups in total. The van der Waals surface area contributed by atoms with E-state index < -0.39 is 23.8 Å². The Morgan fingerprint density at radius 3 is 1.98 bits per heavy atom. The number of hydrogen-bond donors (Lipinski definition) is 2. The fourth-order valence-corrected chi connectivity index (χ4v) is 5.04. The SMILES string of the molecule is COc1cc(OC)c(CN(OCc2ccccc2)C(=O)CCC(Cc2cccc(-c3cccc(C(=O)O)c3)c2)C(=O)O)c(OC)c1. The van der Waals surface area contributed by atoms with E-state index in [1.165, 1.54) is 32.5 Å². The maximum atomic E-state index is 13.7. The van der Waals surface area contributed by atoms with Gasteiger partial charge in [-0.15, -0.1) is 0 Å². The molecule has 0 bridgehead atoms.